The van der Waals surface area contributed by atoms with E-state index in [4.69, 9.17) is 5.11 Å². The van der Waals surface area contributed by atoms with Gasteiger partial charge in [0, 0.05) is 6.61 Å². The average Bonchev–Trinajstić information content (AvgIpc) is 2.32. The van der Waals surface area contributed by atoms with Gasteiger partial charge in [-0.3, -0.25) is 0 Å². The number of unbranched alkanes of at least 4 members (excludes halogenated alkanes) is 3. The van der Waals surface area contributed by atoms with E-state index in [1.807, 2.05) is 0 Å². The van der Waals surface area contributed by atoms with Crippen LogP contribution in [0.2, 0.25) is 0 Å². The molecule has 0 aliphatic carbocycles. The van der Waals surface area contributed by atoms with Crippen LogP contribution in [0.25, 0.3) is 0 Å². The molecule has 5 nitrogen and oxygen atoms in total. The molecule has 106 valence electrons. The lowest BCUT2D eigenvalue weighted by molar-refractivity contribution is 0.0690. The van der Waals surface area contributed by atoms with E-state index in [2.05, 4.69) is 9.97 Å². The number of carbonyl (C=O) groups is 1. The summed E-state index contributed by atoms with van der Waals surface area (Å²) in [7, 11) is 0. The van der Waals surface area contributed by atoms with E-state index >= 15 is 0 Å². The van der Waals surface area contributed by atoms with Crippen LogP contribution in [-0.4, -0.2) is 38.5 Å². The van der Waals surface area contributed by atoms with Crippen molar-refractivity contribution in [1.29, 1.82) is 0 Å². The molecule has 0 aromatic carbocycles. The number of hydrogen-bond donors (Lipinski definition) is 2. The van der Waals surface area contributed by atoms with Crippen molar-refractivity contribution < 1.29 is 15.0 Å². The Balaban J connectivity index is 2.59. The second kappa shape index (κ2) is 8.12. The predicted octanol–water partition coefficient (Wildman–Crippen LogP) is 2.44. The summed E-state index contributed by atoms with van der Waals surface area (Å²) in [5.41, 5.74) is 0.730. The number of carboxylic acids is 1. The van der Waals surface area contributed by atoms with Gasteiger partial charge in [0.1, 0.15) is 16.4 Å². The summed E-state index contributed by atoms with van der Waals surface area (Å²) in [4.78, 5) is 19.5. The molecule has 19 heavy (non-hydrogen) atoms. The number of thioether (sulfide) groups is 1. The third-order valence-corrected chi connectivity index (χ3v) is 3.74. The van der Waals surface area contributed by atoms with Crippen LogP contribution in [0.1, 0.15) is 47.6 Å². The molecular formula is C13H20N2O3S. The lowest BCUT2D eigenvalue weighted by Gasteiger charge is -2.08. The van der Waals surface area contributed by atoms with Crippen LogP contribution in [0.5, 0.6) is 0 Å². The van der Waals surface area contributed by atoms with Gasteiger partial charge in [0.2, 0.25) is 0 Å². The van der Waals surface area contributed by atoms with Gasteiger partial charge in [0.25, 0.3) is 0 Å². The van der Waals surface area contributed by atoms with Gasteiger partial charge in [-0.1, -0.05) is 12.8 Å². The number of aryl methyl sites for hydroxylation is 2. The molecule has 0 aliphatic rings. The Morgan fingerprint density at radius 1 is 1.16 bits per heavy atom. The first-order valence-electron chi connectivity index (χ1n) is 6.38. The number of hydrogen-bond acceptors (Lipinski definition) is 5. The quantitative estimate of drug-likeness (QED) is 0.433. The Hall–Kier alpha value is -1.14. The minimum Gasteiger partial charge on any atom is -0.478 e. The van der Waals surface area contributed by atoms with Crippen molar-refractivity contribution >= 4 is 17.7 Å². The lowest BCUT2D eigenvalue weighted by atomic mass is 10.2. The van der Waals surface area contributed by atoms with Crippen LogP contribution < -0.4 is 0 Å². The van der Waals surface area contributed by atoms with E-state index in [-0.39, 0.29) is 12.2 Å². The molecule has 1 aromatic heterocycles. The Kier molecular flexibility index (Phi) is 6.80. The SMILES string of the molecule is Cc1nc(C)c(C(=O)O)c(SCCCCCCO)n1. The number of aliphatic hydroxyl groups is 1. The molecular weight excluding hydrogens is 264 g/mol. The number of rotatable bonds is 8. The summed E-state index contributed by atoms with van der Waals surface area (Å²) < 4.78 is 0. The molecule has 0 saturated heterocycles. The summed E-state index contributed by atoms with van der Waals surface area (Å²) in [5.74, 6) is 0.465. The van der Waals surface area contributed by atoms with Crippen LogP contribution >= 0.6 is 11.8 Å². The second-order valence-electron chi connectivity index (χ2n) is 4.33. The molecule has 0 fully saturated rings. The van der Waals surface area contributed by atoms with Crippen molar-refractivity contribution in [2.75, 3.05) is 12.4 Å². The van der Waals surface area contributed by atoms with Crippen molar-refractivity contribution in [3.8, 4) is 0 Å². The smallest absolute Gasteiger partial charge is 0.340 e. The molecule has 0 atom stereocenters. The van der Waals surface area contributed by atoms with E-state index in [1.54, 1.807) is 13.8 Å². The Morgan fingerprint density at radius 2 is 1.84 bits per heavy atom. The molecule has 1 aromatic rings. The molecule has 2 N–H and O–H groups in total. The minimum absolute atomic E-state index is 0.214. The Morgan fingerprint density at radius 3 is 2.47 bits per heavy atom. The van der Waals surface area contributed by atoms with Crippen LogP contribution in [0.4, 0.5) is 0 Å². The van der Waals surface area contributed by atoms with E-state index in [9.17, 15) is 9.90 Å². The maximum Gasteiger partial charge on any atom is 0.340 e. The summed E-state index contributed by atoms with van der Waals surface area (Å²) in [6.45, 7) is 3.70. The van der Waals surface area contributed by atoms with Crippen LogP contribution in [-0.2, 0) is 0 Å². The summed E-state index contributed by atoms with van der Waals surface area (Å²) in [5, 5.41) is 18.4. The summed E-state index contributed by atoms with van der Waals surface area (Å²) in [6.07, 6.45) is 3.87. The summed E-state index contributed by atoms with van der Waals surface area (Å²) >= 11 is 1.47. The molecule has 0 spiro atoms. The van der Waals surface area contributed by atoms with Gasteiger partial charge in [0.05, 0.1) is 5.69 Å². The highest BCUT2D eigenvalue weighted by molar-refractivity contribution is 7.99. The molecule has 6 heteroatoms. The van der Waals surface area contributed by atoms with Gasteiger partial charge in [-0.25, -0.2) is 14.8 Å². The van der Waals surface area contributed by atoms with Gasteiger partial charge in [-0.05, 0) is 32.4 Å². The largest absolute Gasteiger partial charge is 0.478 e. The van der Waals surface area contributed by atoms with Gasteiger partial charge < -0.3 is 10.2 Å². The number of nitrogens with zero attached hydrogens (tertiary/aromatic N) is 2. The predicted molar refractivity (Wildman–Crippen MR) is 74.7 cm³/mol. The van der Waals surface area contributed by atoms with Gasteiger partial charge in [-0.15, -0.1) is 11.8 Å². The highest BCUT2D eigenvalue weighted by Crippen LogP contribution is 2.24. The summed E-state index contributed by atoms with van der Waals surface area (Å²) in [6, 6.07) is 0. The highest BCUT2D eigenvalue weighted by atomic mass is 32.2. The van der Waals surface area contributed by atoms with Crippen molar-refractivity contribution in [3.05, 3.63) is 17.1 Å². The van der Waals surface area contributed by atoms with Crippen LogP contribution in [0.3, 0.4) is 0 Å². The second-order valence-corrected chi connectivity index (χ2v) is 5.41. The molecule has 0 unspecified atom stereocenters. The fourth-order valence-electron chi connectivity index (χ4n) is 1.77. The first-order chi connectivity index (χ1) is 9.06. The van der Waals surface area contributed by atoms with Crippen molar-refractivity contribution in [2.45, 2.75) is 44.6 Å². The van der Waals surface area contributed by atoms with Crippen LogP contribution in [0, 0.1) is 13.8 Å². The monoisotopic (exact) mass is 284 g/mol. The normalized spacial score (nSPS) is 10.7. The van der Waals surface area contributed by atoms with E-state index in [0.717, 1.165) is 31.4 Å². The molecule has 0 saturated carbocycles. The average molecular weight is 284 g/mol. The van der Waals surface area contributed by atoms with E-state index in [0.29, 0.717) is 16.5 Å². The topological polar surface area (TPSA) is 83.3 Å². The standard InChI is InChI=1S/C13H20N2O3S/c1-9-11(13(17)18)12(15-10(2)14-9)19-8-6-4-3-5-7-16/h16H,3-8H2,1-2H3,(H,17,18). The van der Waals surface area contributed by atoms with Crippen LogP contribution in [0.15, 0.2) is 5.03 Å². The lowest BCUT2D eigenvalue weighted by Crippen LogP contribution is -2.08. The Labute approximate surface area is 117 Å². The Bertz CT molecular complexity index is 438. The zero-order valence-corrected chi connectivity index (χ0v) is 12.2. The number of aromatic nitrogens is 2. The fraction of sp³-hybridized carbons (Fsp3) is 0.615. The number of aromatic carboxylic acids is 1. The fourth-order valence-corrected chi connectivity index (χ4v) is 2.89. The maximum absolute atomic E-state index is 11.2. The van der Waals surface area contributed by atoms with Gasteiger partial charge in [-0.2, -0.15) is 0 Å². The number of aliphatic hydroxyl groups excluding tert-OH is 1. The van der Waals surface area contributed by atoms with E-state index < -0.39 is 5.97 Å². The minimum atomic E-state index is -0.972. The molecule has 0 radical (unpaired) electrons. The highest BCUT2D eigenvalue weighted by Gasteiger charge is 2.16. The molecule has 0 bridgehead atoms. The first kappa shape index (κ1) is 15.9. The molecule has 1 heterocycles. The zero-order valence-electron chi connectivity index (χ0n) is 11.3. The van der Waals surface area contributed by atoms with Gasteiger partial charge >= 0.3 is 5.97 Å². The van der Waals surface area contributed by atoms with Gasteiger partial charge in [0.15, 0.2) is 0 Å². The molecule has 0 amide bonds. The van der Waals surface area contributed by atoms with Crippen molar-refractivity contribution in [1.82, 2.24) is 9.97 Å². The maximum atomic E-state index is 11.2. The van der Waals surface area contributed by atoms with E-state index in [1.165, 1.54) is 11.8 Å². The first-order valence-corrected chi connectivity index (χ1v) is 7.37. The van der Waals surface area contributed by atoms with Crippen molar-refractivity contribution in [2.24, 2.45) is 0 Å². The third-order valence-electron chi connectivity index (χ3n) is 2.67. The van der Waals surface area contributed by atoms with Crippen molar-refractivity contribution in [3.63, 3.8) is 0 Å². The third kappa shape index (κ3) is 5.16. The zero-order chi connectivity index (χ0) is 14.3. The molecule has 1 rings (SSSR count). The molecule has 0 aliphatic heterocycles. The number of carboxylic acid groups (broad SMARTS) is 1.